The molecule has 2 aliphatic heterocycles. The zero-order valence-electron chi connectivity index (χ0n) is 29.5. The number of ether oxygens (including phenoxy) is 1. The van der Waals surface area contributed by atoms with E-state index in [4.69, 9.17) is 22.1 Å². The maximum atomic E-state index is 15.3. The highest BCUT2D eigenvalue weighted by atomic mass is 35.5. The van der Waals surface area contributed by atoms with E-state index in [9.17, 15) is 19.2 Å². The Morgan fingerprint density at radius 1 is 1.02 bits per heavy atom. The predicted molar refractivity (Wildman–Crippen MR) is 192 cm³/mol. The van der Waals surface area contributed by atoms with Crippen molar-refractivity contribution in [1.29, 1.82) is 0 Å². The number of halogens is 1. The van der Waals surface area contributed by atoms with E-state index in [0.717, 1.165) is 16.3 Å². The van der Waals surface area contributed by atoms with Gasteiger partial charge >= 0.3 is 12.0 Å². The molecule has 3 aromatic carbocycles. The molecular formula is C38H48ClN5O6. The Labute approximate surface area is 299 Å². The number of likely N-dealkylation sites (tertiary alicyclic amines) is 1. The summed E-state index contributed by atoms with van der Waals surface area (Å²) in [6.45, 7) is 8.81. The van der Waals surface area contributed by atoms with Gasteiger partial charge in [-0.25, -0.2) is 14.3 Å². The van der Waals surface area contributed by atoms with Crippen LogP contribution in [0.1, 0.15) is 77.5 Å². The highest BCUT2D eigenvalue weighted by Gasteiger charge is 2.53. The molecule has 12 heteroatoms. The lowest BCUT2D eigenvalue weighted by molar-refractivity contribution is -0.934. The summed E-state index contributed by atoms with van der Waals surface area (Å²) in [5.74, 6) is -1.96. The zero-order valence-corrected chi connectivity index (χ0v) is 30.3. The van der Waals surface area contributed by atoms with Crippen LogP contribution in [-0.2, 0) is 25.5 Å². The Morgan fingerprint density at radius 3 is 2.40 bits per heavy atom. The van der Waals surface area contributed by atoms with E-state index < -0.39 is 58.3 Å². The number of nitrogens with two attached hydrogens (primary N) is 1. The van der Waals surface area contributed by atoms with Gasteiger partial charge in [0.2, 0.25) is 5.91 Å². The van der Waals surface area contributed by atoms with Gasteiger partial charge in [-0.1, -0.05) is 66.2 Å². The van der Waals surface area contributed by atoms with Crippen LogP contribution in [0.2, 0.25) is 5.02 Å². The SMILES string of the molecule is CC[N+]([O-])(C(=O)C1CCCCN1C(=O)OC(C)(C)C)N1C(C)CCN(C(Cc2cccc3ccccc23)C(N)=O)C(=O)C1c1cccc(Cl)c1. The van der Waals surface area contributed by atoms with Crippen LogP contribution in [0.5, 0.6) is 0 Å². The van der Waals surface area contributed by atoms with Crippen LogP contribution < -0.4 is 5.73 Å². The monoisotopic (exact) mass is 705 g/mol. The van der Waals surface area contributed by atoms with Crippen molar-refractivity contribution in [3.63, 3.8) is 0 Å². The summed E-state index contributed by atoms with van der Waals surface area (Å²) >= 11 is 6.46. The predicted octanol–water partition coefficient (Wildman–Crippen LogP) is 6.12. The number of hydroxylamine groups is 2. The van der Waals surface area contributed by atoms with Crippen molar-refractivity contribution in [3.05, 3.63) is 88.1 Å². The third kappa shape index (κ3) is 7.66. The van der Waals surface area contributed by atoms with E-state index in [1.54, 1.807) is 58.9 Å². The van der Waals surface area contributed by atoms with Crippen molar-refractivity contribution in [3.8, 4) is 0 Å². The van der Waals surface area contributed by atoms with Gasteiger partial charge in [-0.15, -0.1) is 5.01 Å². The van der Waals surface area contributed by atoms with Gasteiger partial charge in [0.1, 0.15) is 18.2 Å². The minimum Gasteiger partial charge on any atom is -0.604 e. The minimum absolute atomic E-state index is 0.122. The first-order valence-electron chi connectivity index (χ1n) is 17.4. The molecule has 2 fully saturated rings. The van der Waals surface area contributed by atoms with Crippen LogP contribution in [-0.4, -0.2) is 86.7 Å². The number of amides is 4. The summed E-state index contributed by atoms with van der Waals surface area (Å²) in [5, 5.41) is 19.0. The third-order valence-electron chi connectivity index (χ3n) is 9.75. The average Bonchev–Trinajstić information content (AvgIpc) is 3.21. The van der Waals surface area contributed by atoms with Crippen LogP contribution in [0.4, 0.5) is 4.79 Å². The number of piperidine rings is 1. The summed E-state index contributed by atoms with van der Waals surface area (Å²) in [7, 11) is 0. The molecule has 0 radical (unpaired) electrons. The van der Waals surface area contributed by atoms with Gasteiger partial charge in [0.05, 0.1) is 6.04 Å². The molecule has 0 spiro atoms. The molecule has 5 rings (SSSR count). The molecule has 2 aliphatic rings. The number of carbonyl (C=O) groups excluding carboxylic acids is 4. The number of fused-ring (bicyclic) bond motifs is 1. The Morgan fingerprint density at radius 2 is 1.72 bits per heavy atom. The maximum Gasteiger partial charge on any atom is 0.411 e. The lowest BCUT2D eigenvalue weighted by Gasteiger charge is -2.52. The molecule has 0 aliphatic carbocycles. The molecule has 11 nitrogen and oxygen atoms in total. The number of primary amides is 1. The van der Waals surface area contributed by atoms with Gasteiger partial charge in [-0.05, 0) is 94.3 Å². The third-order valence-corrected chi connectivity index (χ3v) is 9.98. The Balaban J connectivity index is 1.58. The summed E-state index contributed by atoms with van der Waals surface area (Å²) in [5.41, 5.74) is 6.52. The number of rotatable bonds is 8. The first-order valence-corrected chi connectivity index (χ1v) is 17.8. The van der Waals surface area contributed by atoms with E-state index >= 15 is 5.21 Å². The van der Waals surface area contributed by atoms with Crippen molar-refractivity contribution >= 4 is 46.2 Å². The van der Waals surface area contributed by atoms with Crippen LogP contribution in [0.3, 0.4) is 0 Å². The lowest BCUT2D eigenvalue weighted by Crippen LogP contribution is -2.69. The molecule has 0 bridgehead atoms. The number of carbonyl (C=O) groups is 4. The Kier molecular flexibility index (Phi) is 11.2. The fourth-order valence-electron chi connectivity index (χ4n) is 7.32. The summed E-state index contributed by atoms with van der Waals surface area (Å²) in [6.07, 6.45) is 1.38. The minimum atomic E-state index is -1.49. The molecule has 268 valence electrons. The fourth-order valence-corrected chi connectivity index (χ4v) is 7.51. The Bertz CT molecular complexity index is 1740. The van der Waals surface area contributed by atoms with Crippen molar-refractivity contribution in [1.82, 2.24) is 14.8 Å². The van der Waals surface area contributed by atoms with E-state index in [-0.39, 0.29) is 32.5 Å². The largest absolute Gasteiger partial charge is 0.604 e. The summed E-state index contributed by atoms with van der Waals surface area (Å²) in [6, 6.07) is 16.3. The molecule has 2 N–H and O–H groups in total. The van der Waals surface area contributed by atoms with E-state index in [0.29, 0.717) is 29.8 Å². The van der Waals surface area contributed by atoms with Gasteiger partial charge in [-0.2, -0.15) is 0 Å². The lowest BCUT2D eigenvalue weighted by atomic mass is 9.96. The zero-order chi connectivity index (χ0) is 36.4. The quantitative estimate of drug-likeness (QED) is 0.220. The molecule has 2 saturated heterocycles. The van der Waals surface area contributed by atoms with Crippen molar-refractivity contribution in [2.75, 3.05) is 19.6 Å². The molecule has 2 heterocycles. The van der Waals surface area contributed by atoms with Crippen molar-refractivity contribution < 1.29 is 28.7 Å². The molecular weight excluding hydrogens is 658 g/mol. The molecule has 5 unspecified atom stereocenters. The second-order valence-corrected chi connectivity index (χ2v) is 14.7. The van der Waals surface area contributed by atoms with Gasteiger partial charge in [0.25, 0.3) is 5.91 Å². The second kappa shape index (κ2) is 15.1. The molecule has 50 heavy (non-hydrogen) atoms. The molecule has 3 aromatic rings. The number of likely N-dealkylation sites (N-methyl/N-ethyl adjacent to an activating group) is 1. The highest BCUT2D eigenvalue weighted by Crippen LogP contribution is 2.38. The van der Waals surface area contributed by atoms with Crippen molar-refractivity contribution in [2.45, 2.75) is 96.5 Å². The van der Waals surface area contributed by atoms with Gasteiger partial charge < -0.3 is 20.6 Å². The maximum absolute atomic E-state index is 15.3. The normalized spacial score (nSPS) is 22.5. The smallest absolute Gasteiger partial charge is 0.411 e. The summed E-state index contributed by atoms with van der Waals surface area (Å²) in [4.78, 5) is 59.1. The van der Waals surface area contributed by atoms with Crippen LogP contribution >= 0.6 is 11.6 Å². The van der Waals surface area contributed by atoms with Crippen LogP contribution in [0.25, 0.3) is 10.8 Å². The van der Waals surface area contributed by atoms with Gasteiger partial charge in [0, 0.05) is 24.5 Å². The molecule has 0 aromatic heterocycles. The van der Waals surface area contributed by atoms with Gasteiger partial charge in [-0.3, -0.25) is 14.5 Å². The molecule has 0 saturated carbocycles. The number of hydrogen-bond acceptors (Lipinski definition) is 7. The number of quaternary nitrogens is 1. The van der Waals surface area contributed by atoms with E-state index in [2.05, 4.69) is 0 Å². The molecule has 5 atom stereocenters. The average molecular weight is 706 g/mol. The fraction of sp³-hybridized carbons (Fsp3) is 0.474. The highest BCUT2D eigenvalue weighted by molar-refractivity contribution is 6.30. The molecule has 4 amide bonds. The number of nitrogens with zero attached hydrogens (tertiary/aromatic N) is 4. The Hall–Kier alpha value is -4.03. The number of benzene rings is 3. The van der Waals surface area contributed by atoms with Crippen LogP contribution in [0.15, 0.2) is 66.7 Å². The summed E-state index contributed by atoms with van der Waals surface area (Å²) < 4.78 is 4.15. The first kappa shape index (κ1) is 37.2. The topological polar surface area (TPSA) is 136 Å². The van der Waals surface area contributed by atoms with E-state index in [1.807, 2.05) is 42.5 Å². The van der Waals surface area contributed by atoms with Gasteiger partial charge in [0.15, 0.2) is 12.1 Å². The first-order chi connectivity index (χ1) is 23.7. The standard InChI is InChI=1S/C38H48ClN5O6/c1-6-44(49,36(47)31-19-9-10-21-42(31)37(48)50-38(3,4)5)43-25(2)20-22-41(35(46)33(43)28-16-12-17-29(39)23-28)32(34(40)45)24-27-15-11-14-26-13-7-8-18-30(26)27/h7-8,11-18,23,25,31-33H,6,9-10,19-22,24H2,1-5H3,(H2,40,45). The van der Waals surface area contributed by atoms with Crippen molar-refractivity contribution in [2.24, 2.45) is 5.73 Å². The number of hydrogen-bond donors (Lipinski definition) is 1. The van der Waals surface area contributed by atoms with Crippen LogP contribution in [0, 0.1) is 5.21 Å². The second-order valence-electron chi connectivity index (χ2n) is 14.3. The van der Waals surface area contributed by atoms with E-state index in [1.165, 1.54) is 14.8 Å².